The van der Waals surface area contributed by atoms with Gasteiger partial charge in [-0.1, -0.05) is 6.07 Å². The van der Waals surface area contributed by atoms with Gasteiger partial charge in [-0.15, -0.1) is 0 Å². The molecule has 112 valence electrons. The quantitative estimate of drug-likeness (QED) is 0.944. The fourth-order valence-electron chi connectivity index (χ4n) is 3.09. The molecule has 0 bridgehead atoms. The number of benzene rings is 1. The third-order valence-corrected chi connectivity index (χ3v) is 3.99. The Morgan fingerprint density at radius 2 is 2.36 bits per heavy atom. The summed E-state index contributed by atoms with van der Waals surface area (Å²) in [6.07, 6.45) is 2.57. The lowest BCUT2D eigenvalue weighted by Gasteiger charge is -2.21. The molecule has 1 atom stereocenters. The zero-order valence-electron chi connectivity index (χ0n) is 11.8. The van der Waals surface area contributed by atoms with Crippen molar-refractivity contribution in [3.8, 4) is 11.8 Å². The number of carboxylic acid groups (broad SMARTS) is 1. The molecule has 6 heteroatoms. The molecule has 22 heavy (non-hydrogen) atoms. The van der Waals surface area contributed by atoms with Crippen molar-refractivity contribution in [2.45, 2.75) is 31.6 Å². The number of carboxylic acids is 1. The SMILES string of the molecule is N#CCC1CCCc2c1c(C(=O)O)nn2-c1cccc(F)c1. The maximum absolute atomic E-state index is 13.4. The molecule has 0 radical (unpaired) electrons. The van der Waals surface area contributed by atoms with Crippen LogP contribution in [-0.4, -0.2) is 20.9 Å². The van der Waals surface area contributed by atoms with Crippen LogP contribution in [-0.2, 0) is 6.42 Å². The van der Waals surface area contributed by atoms with Crippen molar-refractivity contribution in [3.63, 3.8) is 0 Å². The van der Waals surface area contributed by atoms with Crippen LogP contribution in [0.1, 0.15) is 46.9 Å². The van der Waals surface area contributed by atoms with E-state index in [1.165, 1.54) is 16.8 Å². The van der Waals surface area contributed by atoms with Gasteiger partial charge in [-0.3, -0.25) is 0 Å². The van der Waals surface area contributed by atoms with Crippen molar-refractivity contribution in [1.82, 2.24) is 9.78 Å². The lowest BCUT2D eigenvalue weighted by Crippen LogP contribution is -2.13. The van der Waals surface area contributed by atoms with Crippen LogP contribution >= 0.6 is 0 Å². The van der Waals surface area contributed by atoms with Crippen molar-refractivity contribution in [1.29, 1.82) is 5.26 Å². The Hall–Kier alpha value is -2.68. The van der Waals surface area contributed by atoms with Crippen molar-refractivity contribution in [2.75, 3.05) is 0 Å². The summed E-state index contributed by atoms with van der Waals surface area (Å²) in [5.74, 6) is -1.64. The van der Waals surface area contributed by atoms with E-state index in [9.17, 15) is 14.3 Å². The zero-order chi connectivity index (χ0) is 15.7. The molecular weight excluding hydrogens is 285 g/mol. The lowest BCUT2D eigenvalue weighted by molar-refractivity contribution is 0.0688. The van der Waals surface area contributed by atoms with E-state index < -0.39 is 11.8 Å². The summed E-state index contributed by atoms with van der Waals surface area (Å²) in [7, 11) is 0. The maximum Gasteiger partial charge on any atom is 0.356 e. The first-order valence-corrected chi connectivity index (χ1v) is 7.09. The first-order chi connectivity index (χ1) is 10.6. The molecule has 1 aromatic carbocycles. The summed E-state index contributed by atoms with van der Waals surface area (Å²) in [6.45, 7) is 0. The number of nitrogens with zero attached hydrogens (tertiary/aromatic N) is 3. The Balaban J connectivity index is 2.19. The summed E-state index contributed by atoms with van der Waals surface area (Å²) in [6, 6.07) is 8.02. The van der Waals surface area contributed by atoms with Crippen molar-refractivity contribution < 1.29 is 14.3 Å². The number of carbonyl (C=O) groups is 1. The highest BCUT2D eigenvalue weighted by atomic mass is 19.1. The number of hydrogen-bond acceptors (Lipinski definition) is 3. The van der Waals surface area contributed by atoms with E-state index in [0.717, 1.165) is 18.5 Å². The van der Waals surface area contributed by atoms with Crippen molar-refractivity contribution >= 4 is 5.97 Å². The van der Waals surface area contributed by atoms with E-state index in [4.69, 9.17) is 5.26 Å². The highest BCUT2D eigenvalue weighted by Crippen LogP contribution is 2.37. The van der Waals surface area contributed by atoms with Gasteiger partial charge in [-0.2, -0.15) is 10.4 Å². The molecule has 1 aliphatic rings. The average Bonchev–Trinajstić information content (AvgIpc) is 2.88. The number of nitriles is 1. The van der Waals surface area contributed by atoms with Gasteiger partial charge in [-0.05, 0) is 37.5 Å². The molecule has 5 nitrogen and oxygen atoms in total. The topological polar surface area (TPSA) is 78.9 Å². The lowest BCUT2D eigenvalue weighted by atomic mass is 9.83. The van der Waals surface area contributed by atoms with Crippen molar-refractivity contribution in [3.05, 3.63) is 47.0 Å². The number of aromatic carboxylic acids is 1. The van der Waals surface area contributed by atoms with Gasteiger partial charge in [0.2, 0.25) is 0 Å². The molecule has 0 spiro atoms. The van der Waals surface area contributed by atoms with E-state index in [0.29, 0.717) is 17.7 Å². The van der Waals surface area contributed by atoms with Crippen LogP contribution in [0, 0.1) is 17.1 Å². The van der Waals surface area contributed by atoms with E-state index in [-0.39, 0.29) is 18.0 Å². The number of aromatic nitrogens is 2. The third-order valence-electron chi connectivity index (χ3n) is 3.99. The molecule has 1 aromatic heterocycles. The highest BCUT2D eigenvalue weighted by molar-refractivity contribution is 5.88. The second kappa shape index (κ2) is 5.60. The smallest absolute Gasteiger partial charge is 0.356 e. The molecule has 0 saturated carbocycles. The van der Waals surface area contributed by atoms with Crippen LogP contribution in [0.2, 0.25) is 0 Å². The third kappa shape index (κ3) is 2.35. The first kappa shape index (κ1) is 14.3. The molecule has 0 saturated heterocycles. The molecule has 2 aromatic rings. The molecule has 0 aliphatic heterocycles. The molecular formula is C16H14FN3O2. The normalized spacial score (nSPS) is 16.8. The first-order valence-electron chi connectivity index (χ1n) is 7.09. The fourth-order valence-corrected chi connectivity index (χ4v) is 3.09. The summed E-state index contributed by atoms with van der Waals surface area (Å²) < 4.78 is 15.0. The van der Waals surface area contributed by atoms with Gasteiger partial charge in [0.1, 0.15) is 5.82 Å². The number of hydrogen-bond donors (Lipinski definition) is 1. The molecule has 0 fully saturated rings. The predicted molar refractivity (Wildman–Crippen MR) is 76.4 cm³/mol. The van der Waals surface area contributed by atoms with Crippen molar-refractivity contribution in [2.24, 2.45) is 0 Å². The predicted octanol–water partition coefficient (Wildman–Crippen LogP) is 3.04. The van der Waals surface area contributed by atoms with Gasteiger partial charge in [0.15, 0.2) is 5.69 Å². The van der Waals surface area contributed by atoms with E-state index >= 15 is 0 Å². The minimum atomic E-state index is -1.11. The second-order valence-electron chi connectivity index (χ2n) is 5.36. The summed E-state index contributed by atoms with van der Waals surface area (Å²) in [5.41, 5.74) is 1.87. The molecule has 0 amide bonds. The number of fused-ring (bicyclic) bond motifs is 1. The second-order valence-corrected chi connectivity index (χ2v) is 5.36. The summed E-state index contributed by atoms with van der Waals surface area (Å²) >= 11 is 0. The molecule has 3 rings (SSSR count). The largest absolute Gasteiger partial charge is 0.476 e. The molecule has 1 N–H and O–H groups in total. The number of halogens is 1. The van der Waals surface area contributed by atoms with Crippen LogP contribution in [0.3, 0.4) is 0 Å². The van der Waals surface area contributed by atoms with Crippen LogP contribution in [0.25, 0.3) is 5.69 Å². The Kier molecular flexibility index (Phi) is 3.63. The minimum Gasteiger partial charge on any atom is -0.476 e. The Morgan fingerprint density at radius 3 is 3.05 bits per heavy atom. The monoisotopic (exact) mass is 299 g/mol. The van der Waals surface area contributed by atoms with E-state index in [2.05, 4.69) is 11.2 Å². The van der Waals surface area contributed by atoms with E-state index in [1.807, 2.05) is 0 Å². The van der Waals surface area contributed by atoms with Gasteiger partial charge >= 0.3 is 5.97 Å². The molecule has 1 aliphatic carbocycles. The Bertz CT molecular complexity index is 776. The maximum atomic E-state index is 13.4. The standard InChI is InChI=1S/C16H14FN3O2/c17-11-4-2-5-12(9-11)20-13-6-1-3-10(7-8-18)14(13)15(19-20)16(21)22/h2,4-5,9-10H,1,3,6-7H2,(H,21,22). The van der Waals surface area contributed by atoms with Crippen LogP contribution in [0.5, 0.6) is 0 Å². The number of rotatable bonds is 3. The van der Waals surface area contributed by atoms with Crippen LogP contribution in [0.4, 0.5) is 4.39 Å². The molecule has 1 heterocycles. The molecule has 1 unspecified atom stereocenters. The van der Waals surface area contributed by atoms with Crippen LogP contribution < -0.4 is 0 Å². The fraction of sp³-hybridized carbons (Fsp3) is 0.312. The van der Waals surface area contributed by atoms with E-state index in [1.54, 1.807) is 12.1 Å². The zero-order valence-corrected chi connectivity index (χ0v) is 11.8. The van der Waals surface area contributed by atoms with Crippen LogP contribution in [0.15, 0.2) is 24.3 Å². The summed E-state index contributed by atoms with van der Waals surface area (Å²) in [4.78, 5) is 11.5. The minimum absolute atomic E-state index is 0.0285. The van der Waals surface area contributed by atoms with Gasteiger partial charge in [0, 0.05) is 23.6 Å². The van der Waals surface area contributed by atoms with Gasteiger partial charge in [0.25, 0.3) is 0 Å². The Morgan fingerprint density at radius 1 is 1.55 bits per heavy atom. The average molecular weight is 299 g/mol. The van der Waals surface area contributed by atoms with Gasteiger partial charge in [-0.25, -0.2) is 13.9 Å². The highest BCUT2D eigenvalue weighted by Gasteiger charge is 2.31. The van der Waals surface area contributed by atoms with Gasteiger partial charge < -0.3 is 5.11 Å². The van der Waals surface area contributed by atoms with Gasteiger partial charge in [0.05, 0.1) is 11.8 Å². The summed E-state index contributed by atoms with van der Waals surface area (Å²) in [5, 5.41) is 22.5. The Labute approximate surface area is 126 Å².